The molecule has 0 aliphatic carbocycles. The normalized spacial score (nSPS) is 17.6. The van der Waals surface area contributed by atoms with Gasteiger partial charge in [-0.15, -0.1) is 0 Å². The predicted molar refractivity (Wildman–Crippen MR) is 113 cm³/mol. The molecule has 146 valence electrons. The van der Waals surface area contributed by atoms with Crippen molar-refractivity contribution in [3.63, 3.8) is 0 Å². The molecule has 2 aromatic carbocycles. The van der Waals surface area contributed by atoms with E-state index >= 15 is 0 Å². The van der Waals surface area contributed by atoms with Crippen LogP contribution < -0.4 is 15.4 Å². The van der Waals surface area contributed by atoms with Gasteiger partial charge in [0.2, 0.25) is 0 Å². The SMILES string of the molecule is COc1ccc(/C(Br)=C(\CC2NCCCC2=O)NC(=O)c2ccccc2)cc1. The maximum absolute atomic E-state index is 12.7. The van der Waals surface area contributed by atoms with Gasteiger partial charge >= 0.3 is 0 Å². The zero-order chi connectivity index (χ0) is 19.9. The van der Waals surface area contributed by atoms with Gasteiger partial charge < -0.3 is 15.4 Å². The van der Waals surface area contributed by atoms with Gasteiger partial charge in [-0.2, -0.15) is 0 Å². The molecule has 0 spiro atoms. The van der Waals surface area contributed by atoms with E-state index in [0.29, 0.717) is 24.1 Å². The summed E-state index contributed by atoms with van der Waals surface area (Å²) in [6.07, 6.45) is 1.83. The van der Waals surface area contributed by atoms with Crippen LogP contribution in [0.1, 0.15) is 35.2 Å². The third-order valence-electron chi connectivity index (χ3n) is 4.70. The van der Waals surface area contributed by atoms with Crippen molar-refractivity contribution < 1.29 is 14.3 Å². The van der Waals surface area contributed by atoms with Crippen molar-refractivity contribution in [3.05, 3.63) is 71.4 Å². The lowest BCUT2D eigenvalue weighted by atomic mass is 9.98. The molecule has 3 rings (SSSR count). The zero-order valence-electron chi connectivity index (χ0n) is 15.7. The fourth-order valence-corrected chi connectivity index (χ4v) is 3.65. The van der Waals surface area contributed by atoms with E-state index in [4.69, 9.17) is 4.74 Å². The monoisotopic (exact) mass is 442 g/mol. The third-order valence-corrected chi connectivity index (χ3v) is 5.63. The fraction of sp³-hybridized carbons (Fsp3) is 0.273. The molecule has 1 fully saturated rings. The molecule has 6 heteroatoms. The molecule has 0 saturated carbocycles. The zero-order valence-corrected chi connectivity index (χ0v) is 17.3. The van der Waals surface area contributed by atoms with Crippen LogP contribution in [0.2, 0.25) is 0 Å². The van der Waals surface area contributed by atoms with Crippen LogP contribution in [-0.2, 0) is 4.79 Å². The summed E-state index contributed by atoms with van der Waals surface area (Å²) in [6, 6.07) is 16.3. The van der Waals surface area contributed by atoms with E-state index in [2.05, 4.69) is 26.6 Å². The van der Waals surface area contributed by atoms with Crippen molar-refractivity contribution in [1.82, 2.24) is 10.6 Å². The quantitative estimate of drug-likeness (QED) is 0.711. The number of Topliss-reactive ketones (excluding diaryl/α,β-unsaturated/α-hetero) is 1. The molecule has 1 aliphatic heterocycles. The smallest absolute Gasteiger partial charge is 0.255 e. The minimum Gasteiger partial charge on any atom is -0.497 e. The fourth-order valence-electron chi connectivity index (χ4n) is 3.12. The Bertz CT molecular complexity index is 863. The highest BCUT2D eigenvalue weighted by Crippen LogP contribution is 2.29. The van der Waals surface area contributed by atoms with Gasteiger partial charge in [-0.3, -0.25) is 9.59 Å². The average Bonchev–Trinajstić information content (AvgIpc) is 2.75. The number of nitrogens with one attached hydrogen (secondary N) is 2. The summed E-state index contributed by atoms with van der Waals surface area (Å²) < 4.78 is 5.96. The summed E-state index contributed by atoms with van der Waals surface area (Å²) in [5, 5.41) is 6.26. The molecule has 0 bridgehead atoms. The Hall–Kier alpha value is -2.44. The van der Waals surface area contributed by atoms with Crippen molar-refractivity contribution in [2.45, 2.75) is 25.3 Å². The van der Waals surface area contributed by atoms with Gasteiger partial charge in [0.15, 0.2) is 0 Å². The minimum absolute atomic E-state index is 0.174. The Labute approximate surface area is 173 Å². The van der Waals surface area contributed by atoms with Crippen LogP contribution in [0.5, 0.6) is 5.75 Å². The van der Waals surface area contributed by atoms with E-state index < -0.39 is 0 Å². The summed E-state index contributed by atoms with van der Waals surface area (Å²) in [5.41, 5.74) is 2.14. The maximum Gasteiger partial charge on any atom is 0.255 e. The number of ether oxygens (including phenoxy) is 1. The van der Waals surface area contributed by atoms with Crippen LogP contribution in [0, 0.1) is 0 Å². The lowest BCUT2D eigenvalue weighted by Gasteiger charge is -2.24. The Morgan fingerprint density at radius 3 is 2.50 bits per heavy atom. The third kappa shape index (κ3) is 5.09. The molecule has 1 amide bonds. The Balaban J connectivity index is 1.90. The van der Waals surface area contributed by atoms with Crippen LogP contribution in [-0.4, -0.2) is 31.4 Å². The number of ketones is 1. The second-order valence-corrected chi connectivity index (χ2v) is 7.41. The molecule has 28 heavy (non-hydrogen) atoms. The number of carbonyl (C=O) groups is 2. The van der Waals surface area contributed by atoms with E-state index in [1.54, 1.807) is 19.2 Å². The molecule has 0 radical (unpaired) electrons. The number of piperidine rings is 1. The number of halogens is 1. The van der Waals surface area contributed by atoms with Crippen molar-refractivity contribution in [1.29, 1.82) is 0 Å². The van der Waals surface area contributed by atoms with Crippen LogP contribution in [0.4, 0.5) is 0 Å². The van der Waals surface area contributed by atoms with Crippen molar-refractivity contribution in [3.8, 4) is 5.75 Å². The van der Waals surface area contributed by atoms with Gasteiger partial charge in [0.05, 0.1) is 13.2 Å². The van der Waals surface area contributed by atoms with E-state index in [0.717, 1.165) is 28.8 Å². The topological polar surface area (TPSA) is 67.4 Å². The molecule has 1 saturated heterocycles. The molecule has 0 aromatic heterocycles. The minimum atomic E-state index is -0.300. The van der Waals surface area contributed by atoms with Crippen molar-refractivity contribution >= 4 is 32.1 Å². The number of methoxy groups -OCH3 is 1. The molecular formula is C22H23BrN2O3. The van der Waals surface area contributed by atoms with E-state index in [1.807, 2.05) is 42.5 Å². The molecule has 2 N–H and O–H groups in total. The lowest BCUT2D eigenvalue weighted by molar-refractivity contribution is -0.122. The van der Waals surface area contributed by atoms with Gasteiger partial charge in [-0.1, -0.05) is 30.3 Å². The van der Waals surface area contributed by atoms with Crippen molar-refractivity contribution in [2.24, 2.45) is 0 Å². The summed E-state index contributed by atoms with van der Waals surface area (Å²) in [7, 11) is 1.62. The van der Waals surface area contributed by atoms with Crippen LogP contribution in [0.15, 0.2) is 60.3 Å². The van der Waals surface area contributed by atoms with Gasteiger partial charge in [0.25, 0.3) is 5.91 Å². The van der Waals surface area contributed by atoms with Gasteiger partial charge in [0.1, 0.15) is 11.5 Å². The van der Waals surface area contributed by atoms with Gasteiger partial charge in [-0.25, -0.2) is 0 Å². The second-order valence-electron chi connectivity index (χ2n) is 6.62. The van der Waals surface area contributed by atoms with Crippen LogP contribution in [0.25, 0.3) is 4.48 Å². The first-order valence-corrected chi connectivity index (χ1v) is 10.0. The average molecular weight is 443 g/mol. The first kappa shape index (κ1) is 20.3. The Morgan fingerprint density at radius 1 is 1.14 bits per heavy atom. The number of hydrogen-bond acceptors (Lipinski definition) is 4. The maximum atomic E-state index is 12.7. The largest absolute Gasteiger partial charge is 0.497 e. The highest BCUT2D eigenvalue weighted by atomic mass is 79.9. The first-order chi connectivity index (χ1) is 13.6. The van der Waals surface area contributed by atoms with Crippen LogP contribution in [0.3, 0.4) is 0 Å². The predicted octanol–water partition coefficient (Wildman–Crippen LogP) is 3.90. The van der Waals surface area contributed by atoms with Gasteiger partial charge in [0, 0.05) is 28.6 Å². The van der Waals surface area contributed by atoms with E-state index in [9.17, 15) is 9.59 Å². The highest BCUT2D eigenvalue weighted by Gasteiger charge is 2.25. The second kappa shape index (κ2) is 9.66. The lowest BCUT2D eigenvalue weighted by Crippen LogP contribution is -2.43. The number of benzene rings is 2. The summed E-state index contributed by atoms with van der Waals surface area (Å²) in [6.45, 7) is 0.802. The standard InChI is InChI=1S/C22H23BrN2O3/c1-28-17-11-9-15(10-12-17)21(23)19(14-18-20(26)8-5-13-24-18)25-22(27)16-6-3-2-4-7-16/h2-4,6-7,9-12,18,24H,5,8,13-14H2,1H3,(H,25,27)/b21-19-. The van der Waals surface area contributed by atoms with Crippen LogP contribution >= 0.6 is 15.9 Å². The molecule has 2 aromatic rings. The molecule has 1 aliphatic rings. The number of hydrogen-bond donors (Lipinski definition) is 2. The van der Waals surface area contributed by atoms with E-state index in [1.165, 1.54) is 0 Å². The number of rotatable bonds is 6. The molecule has 1 unspecified atom stereocenters. The number of carbonyl (C=O) groups excluding carboxylic acids is 2. The molecule has 5 nitrogen and oxygen atoms in total. The van der Waals surface area contributed by atoms with Gasteiger partial charge in [-0.05, 0) is 58.7 Å². The Morgan fingerprint density at radius 2 is 1.86 bits per heavy atom. The first-order valence-electron chi connectivity index (χ1n) is 9.24. The Kier molecular flexibility index (Phi) is 7.01. The number of amides is 1. The van der Waals surface area contributed by atoms with Crippen molar-refractivity contribution in [2.75, 3.05) is 13.7 Å². The van der Waals surface area contributed by atoms with E-state index in [-0.39, 0.29) is 17.7 Å². The molecular weight excluding hydrogens is 420 g/mol. The molecule has 1 heterocycles. The molecule has 1 atom stereocenters. The summed E-state index contributed by atoms with van der Waals surface area (Å²) >= 11 is 3.63. The summed E-state index contributed by atoms with van der Waals surface area (Å²) in [4.78, 5) is 25.0. The summed E-state index contributed by atoms with van der Waals surface area (Å²) in [5.74, 6) is 0.722. The highest BCUT2D eigenvalue weighted by molar-refractivity contribution is 9.15.